The SMILES string of the molecule is Cc1ccc2c(c1)C(C=O)CCO2. The molecule has 1 heterocycles. The van der Waals surface area contributed by atoms with Gasteiger partial charge >= 0.3 is 0 Å². The average molecular weight is 176 g/mol. The van der Waals surface area contributed by atoms with E-state index in [1.54, 1.807) is 0 Å². The van der Waals surface area contributed by atoms with Gasteiger partial charge < -0.3 is 9.53 Å². The van der Waals surface area contributed by atoms with Crippen LogP contribution in [0.5, 0.6) is 5.75 Å². The molecule has 68 valence electrons. The average Bonchev–Trinajstić information content (AvgIpc) is 2.17. The number of hydrogen-bond donors (Lipinski definition) is 0. The van der Waals surface area contributed by atoms with Crippen LogP contribution in [0.2, 0.25) is 0 Å². The first kappa shape index (κ1) is 8.30. The van der Waals surface area contributed by atoms with Gasteiger partial charge in [-0.1, -0.05) is 17.7 Å². The number of fused-ring (bicyclic) bond motifs is 1. The minimum absolute atomic E-state index is 0.0312. The summed E-state index contributed by atoms with van der Waals surface area (Å²) in [6.07, 6.45) is 1.82. The Morgan fingerprint density at radius 2 is 2.38 bits per heavy atom. The summed E-state index contributed by atoms with van der Waals surface area (Å²) in [6, 6.07) is 5.99. The van der Waals surface area contributed by atoms with Crippen LogP contribution < -0.4 is 4.74 Å². The third-order valence-corrected chi connectivity index (χ3v) is 2.42. The molecule has 1 unspecified atom stereocenters. The number of ether oxygens (including phenoxy) is 1. The highest BCUT2D eigenvalue weighted by molar-refractivity contribution is 5.65. The van der Waals surface area contributed by atoms with Crippen molar-refractivity contribution in [2.45, 2.75) is 19.3 Å². The van der Waals surface area contributed by atoms with Crippen LogP contribution in [0, 0.1) is 6.92 Å². The summed E-state index contributed by atoms with van der Waals surface area (Å²) in [6.45, 7) is 2.68. The summed E-state index contributed by atoms with van der Waals surface area (Å²) >= 11 is 0. The minimum atomic E-state index is 0.0312. The molecule has 2 rings (SSSR count). The first-order valence-corrected chi connectivity index (χ1v) is 4.50. The Balaban J connectivity index is 2.47. The molecule has 0 fully saturated rings. The van der Waals surface area contributed by atoms with Crippen molar-refractivity contribution in [3.05, 3.63) is 29.3 Å². The van der Waals surface area contributed by atoms with Gasteiger partial charge in [0, 0.05) is 11.5 Å². The summed E-state index contributed by atoms with van der Waals surface area (Å²) < 4.78 is 5.45. The Labute approximate surface area is 77.5 Å². The lowest BCUT2D eigenvalue weighted by Crippen LogP contribution is -2.15. The number of aldehydes is 1. The second-order valence-corrected chi connectivity index (χ2v) is 3.42. The summed E-state index contributed by atoms with van der Waals surface area (Å²) in [5, 5.41) is 0. The maximum atomic E-state index is 10.8. The zero-order valence-corrected chi connectivity index (χ0v) is 7.62. The maximum absolute atomic E-state index is 10.8. The van der Waals surface area contributed by atoms with Gasteiger partial charge in [-0.05, 0) is 19.4 Å². The molecule has 13 heavy (non-hydrogen) atoms. The van der Waals surface area contributed by atoms with E-state index >= 15 is 0 Å². The zero-order valence-electron chi connectivity index (χ0n) is 7.62. The Bertz CT molecular complexity index is 331. The molecule has 0 N–H and O–H groups in total. The summed E-state index contributed by atoms with van der Waals surface area (Å²) in [4.78, 5) is 10.8. The third-order valence-electron chi connectivity index (χ3n) is 2.42. The molecule has 1 aliphatic rings. The molecule has 0 aromatic heterocycles. The van der Waals surface area contributed by atoms with Gasteiger partial charge in [-0.3, -0.25) is 0 Å². The number of benzene rings is 1. The van der Waals surface area contributed by atoms with Crippen molar-refractivity contribution >= 4 is 6.29 Å². The fourth-order valence-electron chi connectivity index (χ4n) is 1.68. The van der Waals surface area contributed by atoms with Crippen LogP contribution in [0.4, 0.5) is 0 Å². The first-order valence-electron chi connectivity index (χ1n) is 4.50. The number of rotatable bonds is 1. The van der Waals surface area contributed by atoms with E-state index in [1.807, 2.05) is 25.1 Å². The molecule has 0 amide bonds. The van der Waals surface area contributed by atoms with E-state index in [0.29, 0.717) is 6.61 Å². The fraction of sp³-hybridized carbons (Fsp3) is 0.364. The molecule has 1 aliphatic heterocycles. The van der Waals surface area contributed by atoms with Crippen molar-refractivity contribution in [3.63, 3.8) is 0 Å². The molecule has 0 aliphatic carbocycles. The molecule has 0 bridgehead atoms. The van der Waals surface area contributed by atoms with Crippen LogP contribution in [-0.4, -0.2) is 12.9 Å². The second kappa shape index (κ2) is 3.21. The molecular formula is C11H12O2. The summed E-state index contributed by atoms with van der Waals surface area (Å²) in [5.41, 5.74) is 2.22. The lowest BCUT2D eigenvalue weighted by Gasteiger charge is -2.22. The van der Waals surface area contributed by atoms with E-state index in [-0.39, 0.29) is 5.92 Å². The van der Waals surface area contributed by atoms with Crippen LogP contribution in [0.15, 0.2) is 18.2 Å². The highest BCUT2D eigenvalue weighted by Crippen LogP contribution is 2.32. The van der Waals surface area contributed by atoms with Crippen molar-refractivity contribution in [1.29, 1.82) is 0 Å². The molecular weight excluding hydrogens is 164 g/mol. The predicted octanol–water partition coefficient (Wildman–Crippen LogP) is 2.06. The van der Waals surface area contributed by atoms with Crippen LogP contribution >= 0.6 is 0 Å². The molecule has 2 heteroatoms. The van der Waals surface area contributed by atoms with Gasteiger partial charge in [0.1, 0.15) is 12.0 Å². The Hall–Kier alpha value is -1.31. The van der Waals surface area contributed by atoms with Crippen molar-refractivity contribution in [3.8, 4) is 5.75 Å². The highest BCUT2D eigenvalue weighted by Gasteiger charge is 2.20. The third kappa shape index (κ3) is 1.44. The van der Waals surface area contributed by atoms with Gasteiger partial charge in [0.25, 0.3) is 0 Å². The molecule has 0 saturated heterocycles. The maximum Gasteiger partial charge on any atom is 0.127 e. The van der Waals surface area contributed by atoms with Crippen molar-refractivity contribution in [1.82, 2.24) is 0 Å². The lowest BCUT2D eigenvalue weighted by atomic mass is 9.93. The Morgan fingerprint density at radius 3 is 3.15 bits per heavy atom. The summed E-state index contributed by atoms with van der Waals surface area (Å²) in [5.74, 6) is 0.901. The molecule has 0 spiro atoms. The second-order valence-electron chi connectivity index (χ2n) is 3.42. The van der Waals surface area contributed by atoms with Gasteiger partial charge in [0.2, 0.25) is 0 Å². The summed E-state index contributed by atoms with van der Waals surface area (Å²) in [7, 11) is 0. The van der Waals surface area contributed by atoms with Gasteiger partial charge in [-0.15, -0.1) is 0 Å². The lowest BCUT2D eigenvalue weighted by molar-refractivity contribution is -0.109. The molecule has 1 aromatic carbocycles. The van der Waals surface area contributed by atoms with E-state index < -0.39 is 0 Å². The topological polar surface area (TPSA) is 26.3 Å². The Morgan fingerprint density at radius 1 is 1.54 bits per heavy atom. The fourth-order valence-corrected chi connectivity index (χ4v) is 1.68. The smallest absolute Gasteiger partial charge is 0.127 e. The molecule has 0 saturated carbocycles. The normalized spacial score (nSPS) is 20.2. The highest BCUT2D eigenvalue weighted by atomic mass is 16.5. The van der Waals surface area contributed by atoms with Crippen molar-refractivity contribution in [2.24, 2.45) is 0 Å². The van der Waals surface area contributed by atoms with E-state index in [9.17, 15) is 4.79 Å². The predicted molar refractivity (Wildman–Crippen MR) is 50.1 cm³/mol. The largest absolute Gasteiger partial charge is 0.493 e. The zero-order chi connectivity index (χ0) is 9.26. The molecule has 1 atom stereocenters. The van der Waals surface area contributed by atoms with E-state index in [4.69, 9.17) is 4.74 Å². The van der Waals surface area contributed by atoms with Crippen LogP contribution in [0.25, 0.3) is 0 Å². The minimum Gasteiger partial charge on any atom is -0.493 e. The van der Waals surface area contributed by atoms with Crippen LogP contribution in [0.3, 0.4) is 0 Å². The van der Waals surface area contributed by atoms with Gasteiger partial charge in [-0.2, -0.15) is 0 Å². The van der Waals surface area contributed by atoms with E-state index in [2.05, 4.69) is 0 Å². The van der Waals surface area contributed by atoms with Gasteiger partial charge in [0.15, 0.2) is 0 Å². The molecule has 0 radical (unpaired) electrons. The standard InChI is InChI=1S/C11H12O2/c1-8-2-3-11-10(6-8)9(7-12)4-5-13-11/h2-3,6-7,9H,4-5H2,1H3. The van der Waals surface area contributed by atoms with Crippen LogP contribution in [0.1, 0.15) is 23.5 Å². The number of carbonyl (C=O) groups excluding carboxylic acids is 1. The first-order chi connectivity index (χ1) is 6.31. The van der Waals surface area contributed by atoms with Gasteiger partial charge in [0.05, 0.1) is 6.61 Å². The number of aryl methyl sites for hydroxylation is 1. The quantitative estimate of drug-likeness (QED) is 0.612. The van der Waals surface area contributed by atoms with E-state index in [0.717, 1.165) is 24.0 Å². The Kier molecular flexibility index (Phi) is 2.05. The molecule has 1 aromatic rings. The van der Waals surface area contributed by atoms with Crippen molar-refractivity contribution < 1.29 is 9.53 Å². The number of carbonyl (C=O) groups is 1. The van der Waals surface area contributed by atoms with E-state index in [1.165, 1.54) is 5.56 Å². The molecule has 2 nitrogen and oxygen atoms in total. The van der Waals surface area contributed by atoms with Gasteiger partial charge in [-0.25, -0.2) is 0 Å². The van der Waals surface area contributed by atoms with Crippen molar-refractivity contribution in [2.75, 3.05) is 6.61 Å². The monoisotopic (exact) mass is 176 g/mol. The number of hydrogen-bond acceptors (Lipinski definition) is 2. The van der Waals surface area contributed by atoms with Crippen LogP contribution in [-0.2, 0) is 4.79 Å².